The third-order valence-corrected chi connectivity index (χ3v) is 10.9. The van der Waals surface area contributed by atoms with Gasteiger partial charge in [0.05, 0.1) is 11.1 Å². The quantitative estimate of drug-likeness (QED) is 0.209. The van der Waals surface area contributed by atoms with E-state index in [2.05, 4.69) is 20.1 Å². The predicted octanol–water partition coefficient (Wildman–Crippen LogP) is 7.52. The van der Waals surface area contributed by atoms with Crippen molar-refractivity contribution in [3.63, 3.8) is 0 Å². The number of carbonyl (C=O) groups is 3. The Kier molecular flexibility index (Phi) is 7.53. The lowest BCUT2D eigenvalue weighted by molar-refractivity contribution is -0.192. The molecule has 0 spiro atoms. The van der Waals surface area contributed by atoms with Crippen molar-refractivity contribution in [3.05, 3.63) is 96.1 Å². The average Bonchev–Trinajstić information content (AvgIpc) is 3.23. The van der Waals surface area contributed by atoms with Crippen molar-refractivity contribution in [1.82, 2.24) is 0 Å². The molecule has 0 heterocycles. The van der Waals surface area contributed by atoms with E-state index in [0.29, 0.717) is 18.4 Å². The summed E-state index contributed by atoms with van der Waals surface area (Å²) in [5.74, 6) is -3.39. The largest absolute Gasteiger partial charge is 0.458 e. The number of rotatable bonds is 5. The first kappa shape index (κ1) is 29.9. The van der Waals surface area contributed by atoms with Crippen molar-refractivity contribution < 1.29 is 32.6 Å². The Morgan fingerprint density at radius 2 is 1.55 bits per heavy atom. The van der Waals surface area contributed by atoms with Gasteiger partial charge in [-0.05, 0) is 79.0 Å². The Labute approximate surface area is 246 Å². The van der Waals surface area contributed by atoms with Gasteiger partial charge in [-0.15, -0.1) is 6.58 Å². The van der Waals surface area contributed by atoms with Gasteiger partial charge in [-0.25, -0.2) is 18.4 Å². The minimum Gasteiger partial charge on any atom is -0.458 e. The number of benzene rings is 2. The summed E-state index contributed by atoms with van der Waals surface area (Å²) < 4.78 is 40.6. The van der Waals surface area contributed by atoms with Crippen molar-refractivity contribution in [1.29, 1.82) is 0 Å². The molecule has 2 aromatic carbocycles. The van der Waals surface area contributed by atoms with Gasteiger partial charge in [-0.2, -0.15) is 0 Å². The van der Waals surface area contributed by atoms with Gasteiger partial charge in [0.15, 0.2) is 5.78 Å². The van der Waals surface area contributed by atoms with Crippen LogP contribution >= 0.6 is 0 Å². The Morgan fingerprint density at radius 3 is 2.10 bits per heavy atom. The van der Waals surface area contributed by atoms with Gasteiger partial charge < -0.3 is 9.47 Å². The maximum atomic E-state index is 14.0. The molecule has 2 aromatic rings. The highest BCUT2D eigenvalue weighted by molar-refractivity contribution is 6.01. The van der Waals surface area contributed by atoms with E-state index in [4.69, 9.17) is 9.47 Å². The van der Waals surface area contributed by atoms with Crippen molar-refractivity contribution in [2.75, 3.05) is 0 Å². The molecule has 8 atom stereocenters. The topological polar surface area (TPSA) is 69.7 Å². The van der Waals surface area contributed by atoms with Gasteiger partial charge in [0.25, 0.3) is 0 Å². The fourth-order valence-corrected chi connectivity index (χ4v) is 8.25. The second kappa shape index (κ2) is 10.6. The lowest BCUT2D eigenvalue weighted by Gasteiger charge is -2.61. The average molecular weight is 577 g/mol. The highest BCUT2D eigenvalue weighted by Crippen LogP contribution is 2.69. The summed E-state index contributed by atoms with van der Waals surface area (Å²) in [4.78, 5) is 41.0. The molecule has 0 saturated heterocycles. The van der Waals surface area contributed by atoms with Crippen LogP contribution in [-0.2, 0) is 14.3 Å². The summed E-state index contributed by atoms with van der Waals surface area (Å²) in [5, 5.41) is 0. The molecular formula is C35H38F2O5. The highest BCUT2D eigenvalue weighted by atomic mass is 19.1. The van der Waals surface area contributed by atoms with E-state index in [1.165, 1.54) is 36.4 Å². The molecule has 0 aromatic heterocycles. The molecule has 3 fully saturated rings. The van der Waals surface area contributed by atoms with E-state index in [0.717, 1.165) is 18.6 Å². The van der Waals surface area contributed by atoms with Gasteiger partial charge in [0, 0.05) is 22.7 Å². The summed E-state index contributed by atoms with van der Waals surface area (Å²) in [6.45, 7) is 16.3. The van der Waals surface area contributed by atoms with E-state index < -0.39 is 57.9 Å². The third kappa shape index (κ3) is 4.61. The monoisotopic (exact) mass is 576 g/mol. The molecular weight excluding hydrogens is 538 g/mol. The molecule has 222 valence electrons. The van der Waals surface area contributed by atoms with E-state index >= 15 is 0 Å². The zero-order chi connectivity index (χ0) is 30.6. The normalized spacial score (nSPS) is 35.9. The smallest absolute Gasteiger partial charge is 0.338 e. The zero-order valence-electron chi connectivity index (χ0n) is 24.6. The summed E-state index contributed by atoms with van der Waals surface area (Å²) >= 11 is 0. The number of ether oxygens (including phenoxy) is 2. The number of allylic oxidation sites excluding steroid dienone is 1. The van der Waals surface area contributed by atoms with Gasteiger partial charge in [-0.1, -0.05) is 52.5 Å². The molecule has 3 saturated carbocycles. The Hall–Kier alpha value is -3.61. The van der Waals surface area contributed by atoms with Crippen LogP contribution in [0.4, 0.5) is 8.78 Å². The molecule has 0 unspecified atom stereocenters. The van der Waals surface area contributed by atoms with Crippen LogP contribution in [0, 0.1) is 45.6 Å². The first-order chi connectivity index (χ1) is 19.8. The van der Waals surface area contributed by atoms with Crippen LogP contribution in [0.2, 0.25) is 0 Å². The van der Waals surface area contributed by atoms with Crippen LogP contribution < -0.4 is 0 Å². The zero-order valence-corrected chi connectivity index (χ0v) is 24.6. The molecule has 42 heavy (non-hydrogen) atoms. The number of esters is 2. The van der Waals surface area contributed by atoms with Crippen LogP contribution in [-0.4, -0.2) is 29.9 Å². The lowest BCUT2D eigenvalue weighted by Crippen LogP contribution is -2.63. The van der Waals surface area contributed by atoms with Crippen LogP contribution in [0.15, 0.2) is 73.3 Å². The van der Waals surface area contributed by atoms with E-state index in [1.54, 1.807) is 6.08 Å². The summed E-state index contributed by atoms with van der Waals surface area (Å²) in [6.07, 6.45) is 2.26. The fraction of sp³-hybridized carbons (Fsp3) is 0.457. The molecule has 3 aliphatic carbocycles. The minimum atomic E-state index is -0.904. The SMILES string of the molecule is C=C[C@]1(C)C[C@@H](OC(=O)c2cccc(F)c2)[C@]2(C)[C@H](C)CC[C@]3(CC(=C)C(=O)[C@H]32)[C@@H](C)[C@@H]1OC(=O)c1cccc(F)c1. The van der Waals surface area contributed by atoms with E-state index in [-0.39, 0.29) is 35.2 Å². The van der Waals surface area contributed by atoms with Crippen molar-refractivity contribution in [3.8, 4) is 0 Å². The second-order valence-electron chi connectivity index (χ2n) is 13.1. The summed E-state index contributed by atoms with van der Waals surface area (Å²) in [7, 11) is 0. The predicted molar refractivity (Wildman–Crippen MR) is 154 cm³/mol. The number of hydrogen-bond acceptors (Lipinski definition) is 5. The number of ketones is 1. The number of carbonyl (C=O) groups excluding carboxylic acids is 3. The van der Waals surface area contributed by atoms with E-state index in [1.807, 2.05) is 20.8 Å². The Bertz CT molecular complexity index is 1470. The number of halogens is 2. The molecule has 0 radical (unpaired) electrons. The highest BCUT2D eigenvalue weighted by Gasteiger charge is 2.69. The van der Waals surface area contributed by atoms with Gasteiger partial charge in [0.2, 0.25) is 0 Å². The molecule has 5 rings (SSSR count). The van der Waals surface area contributed by atoms with Crippen LogP contribution in [0.1, 0.15) is 74.1 Å². The number of hydrogen-bond donors (Lipinski definition) is 0. The van der Waals surface area contributed by atoms with E-state index in [9.17, 15) is 23.2 Å². The van der Waals surface area contributed by atoms with Gasteiger partial charge in [0.1, 0.15) is 23.8 Å². The molecule has 5 nitrogen and oxygen atoms in total. The van der Waals surface area contributed by atoms with Crippen molar-refractivity contribution in [2.24, 2.45) is 34.0 Å². The first-order valence-corrected chi connectivity index (χ1v) is 14.6. The van der Waals surface area contributed by atoms with Gasteiger partial charge in [-0.3, -0.25) is 4.79 Å². The molecule has 0 N–H and O–H groups in total. The Balaban J connectivity index is 1.65. The minimum absolute atomic E-state index is 0.00319. The third-order valence-electron chi connectivity index (χ3n) is 10.9. The standard InChI is InChI=1S/C35H38F2O5/c1-7-33(5)19-27(41-31(39)23-10-8-12-25(36)16-23)34(6)21(3)14-15-35(18-20(2)28(38)29(34)35)22(4)30(33)42-32(40)24-11-9-13-26(37)17-24/h7-13,16-17,21-22,27,29-30H,1-2,14-15,18-19H2,3-6H3/t21-,22+,27-,29+,30+,33-,34+,35+/m1/s1. The summed E-state index contributed by atoms with van der Waals surface area (Å²) in [5.41, 5.74) is -1.64. The molecule has 3 aliphatic rings. The maximum Gasteiger partial charge on any atom is 0.338 e. The molecule has 7 heteroatoms. The van der Waals surface area contributed by atoms with Crippen molar-refractivity contribution in [2.45, 2.75) is 65.6 Å². The van der Waals surface area contributed by atoms with Crippen LogP contribution in [0.5, 0.6) is 0 Å². The molecule has 2 bridgehead atoms. The molecule has 0 amide bonds. The number of Topliss-reactive ketones (excluding diaryl/α,β-unsaturated/α-hetero) is 1. The van der Waals surface area contributed by atoms with Crippen molar-refractivity contribution >= 4 is 17.7 Å². The summed E-state index contributed by atoms with van der Waals surface area (Å²) in [6, 6.07) is 10.6. The fourth-order valence-electron chi connectivity index (χ4n) is 8.25. The van der Waals surface area contributed by atoms with Crippen LogP contribution in [0.25, 0.3) is 0 Å². The van der Waals surface area contributed by atoms with Crippen LogP contribution in [0.3, 0.4) is 0 Å². The first-order valence-electron chi connectivity index (χ1n) is 14.6. The Morgan fingerprint density at radius 1 is 0.976 bits per heavy atom. The second-order valence-corrected chi connectivity index (χ2v) is 13.1. The maximum absolute atomic E-state index is 14.0. The van der Waals surface area contributed by atoms with Gasteiger partial charge >= 0.3 is 11.9 Å². The lowest BCUT2D eigenvalue weighted by atomic mass is 9.44. The molecule has 0 aliphatic heterocycles.